The SMILES string of the molecule is Cc1cc(F)c(NCc2cccn2C)cc1F. The number of anilines is 1. The summed E-state index contributed by atoms with van der Waals surface area (Å²) in [7, 11) is 1.91. The van der Waals surface area contributed by atoms with Gasteiger partial charge in [-0.25, -0.2) is 8.78 Å². The third-order valence-electron chi connectivity index (χ3n) is 2.76. The average Bonchev–Trinajstić information content (AvgIpc) is 2.68. The quantitative estimate of drug-likeness (QED) is 0.865. The molecule has 0 saturated heterocycles. The lowest BCUT2D eigenvalue weighted by atomic mass is 10.2. The Kier molecular flexibility index (Phi) is 3.13. The van der Waals surface area contributed by atoms with Gasteiger partial charge in [-0.3, -0.25) is 0 Å². The van der Waals surface area contributed by atoms with Gasteiger partial charge in [0.15, 0.2) is 0 Å². The smallest absolute Gasteiger partial charge is 0.146 e. The maximum absolute atomic E-state index is 13.5. The minimum absolute atomic E-state index is 0.189. The highest BCUT2D eigenvalue weighted by Crippen LogP contribution is 2.19. The Bertz CT molecular complexity index is 532. The molecule has 90 valence electrons. The molecule has 0 atom stereocenters. The topological polar surface area (TPSA) is 17.0 Å². The molecule has 0 saturated carbocycles. The van der Waals surface area contributed by atoms with Crippen molar-refractivity contribution in [2.45, 2.75) is 13.5 Å². The number of hydrogen-bond donors (Lipinski definition) is 1. The van der Waals surface area contributed by atoms with Gasteiger partial charge in [0.25, 0.3) is 0 Å². The van der Waals surface area contributed by atoms with Crippen LogP contribution in [0.1, 0.15) is 11.3 Å². The van der Waals surface area contributed by atoms with E-state index in [1.165, 1.54) is 12.1 Å². The lowest BCUT2D eigenvalue weighted by Crippen LogP contribution is -2.06. The summed E-state index contributed by atoms with van der Waals surface area (Å²) in [4.78, 5) is 0. The Morgan fingerprint density at radius 1 is 1.24 bits per heavy atom. The van der Waals surface area contributed by atoms with E-state index in [4.69, 9.17) is 0 Å². The first-order valence-electron chi connectivity index (χ1n) is 5.37. The second-order valence-electron chi connectivity index (χ2n) is 4.05. The minimum atomic E-state index is -0.432. The second kappa shape index (κ2) is 4.57. The summed E-state index contributed by atoms with van der Waals surface area (Å²) in [6.07, 6.45) is 1.91. The standard InChI is InChI=1S/C13H14F2N2/c1-9-6-12(15)13(7-11(9)14)16-8-10-4-3-5-17(10)2/h3-7,16H,8H2,1-2H3. The number of halogens is 2. The molecule has 0 amide bonds. The van der Waals surface area contributed by atoms with Crippen LogP contribution in [0.25, 0.3) is 0 Å². The molecule has 2 nitrogen and oxygen atoms in total. The van der Waals surface area contributed by atoms with Crippen LogP contribution in [0, 0.1) is 18.6 Å². The van der Waals surface area contributed by atoms with Gasteiger partial charge in [-0.2, -0.15) is 0 Å². The largest absolute Gasteiger partial charge is 0.377 e. The van der Waals surface area contributed by atoms with Gasteiger partial charge in [-0.05, 0) is 30.7 Å². The summed E-state index contributed by atoms with van der Waals surface area (Å²) < 4.78 is 28.7. The van der Waals surface area contributed by atoms with Crippen molar-refractivity contribution in [1.29, 1.82) is 0 Å². The first-order chi connectivity index (χ1) is 8.08. The van der Waals surface area contributed by atoms with E-state index in [9.17, 15) is 8.78 Å². The van der Waals surface area contributed by atoms with Crippen molar-refractivity contribution in [1.82, 2.24) is 4.57 Å². The molecule has 0 bridgehead atoms. The van der Waals surface area contributed by atoms with Crippen LogP contribution in [0.15, 0.2) is 30.5 Å². The number of benzene rings is 1. The molecule has 0 fully saturated rings. The molecule has 1 aromatic heterocycles. The molecule has 2 aromatic rings. The number of aryl methyl sites for hydroxylation is 2. The van der Waals surface area contributed by atoms with Gasteiger partial charge in [-0.1, -0.05) is 0 Å². The highest BCUT2D eigenvalue weighted by molar-refractivity contribution is 5.47. The van der Waals surface area contributed by atoms with E-state index in [1.807, 2.05) is 29.9 Å². The number of nitrogens with zero attached hydrogens (tertiary/aromatic N) is 1. The van der Waals surface area contributed by atoms with E-state index < -0.39 is 11.6 Å². The second-order valence-corrected chi connectivity index (χ2v) is 4.05. The van der Waals surface area contributed by atoms with Crippen LogP contribution in [-0.2, 0) is 13.6 Å². The molecule has 1 aromatic carbocycles. The predicted octanol–water partition coefficient (Wildman–Crippen LogP) is 3.22. The Balaban J connectivity index is 2.14. The molecule has 0 aliphatic rings. The first-order valence-corrected chi connectivity index (χ1v) is 5.37. The third-order valence-corrected chi connectivity index (χ3v) is 2.76. The lowest BCUT2D eigenvalue weighted by Gasteiger charge is -2.09. The maximum atomic E-state index is 13.5. The lowest BCUT2D eigenvalue weighted by molar-refractivity contribution is 0.594. The summed E-state index contributed by atoms with van der Waals surface area (Å²) in [5.41, 5.74) is 1.51. The van der Waals surface area contributed by atoms with Crippen molar-refractivity contribution in [2.75, 3.05) is 5.32 Å². The fourth-order valence-corrected chi connectivity index (χ4v) is 1.65. The molecule has 0 unspecified atom stereocenters. The van der Waals surface area contributed by atoms with Gasteiger partial charge < -0.3 is 9.88 Å². The molecule has 0 radical (unpaired) electrons. The summed E-state index contributed by atoms with van der Waals surface area (Å²) in [5.74, 6) is -0.834. The maximum Gasteiger partial charge on any atom is 0.146 e. The zero-order valence-corrected chi connectivity index (χ0v) is 9.80. The van der Waals surface area contributed by atoms with E-state index in [0.29, 0.717) is 12.1 Å². The van der Waals surface area contributed by atoms with Crippen LogP contribution in [0.5, 0.6) is 0 Å². The van der Waals surface area contributed by atoms with Crippen LogP contribution in [0.3, 0.4) is 0 Å². The molecular weight excluding hydrogens is 222 g/mol. The van der Waals surface area contributed by atoms with E-state index in [-0.39, 0.29) is 5.69 Å². The van der Waals surface area contributed by atoms with Gasteiger partial charge in [0.2, 0.25) is 0 Å². The van der Waals surface area contributed by atoms with Gasteiger partial charge >= 0.3 is 0 Å². The summed E-state index contributed by atoms with van der Waals surface area (Å²) >= 11 is 0. The van der Waals surface area contributed by atoms with Crippen LogP contribution in [0.4, 0.5) is 14.5 Å². The van der Waals surface area contributed by atoms with Crippen LogP contribution in [-0.4, -0.2) is 4.57 Å². The zero-order valence-electron chi connectivity index (χ0n) is 9.80. The van der Waals surface area contributed by atoms with Crippen LogP contribution < -0.4 is 5.32 Å². The first kappa shape index (κ1) is 11.6. The molecule has 1 N–H and O–H groups in total. The van der Waals surface area contributed by atoms with E-state index in [0.717, 1.165) is 5.69 Å². The molecule has 0 spiro atoms. The van der Waals surface area contributed by atoms with E-state index >= 15 is 0 Å². The van der Waals surface area contributed by atoms with Crippen molar-refractivity contribution < 1.29 is 8.78 Å². The highest BCUT2D eigenvalue weighted by atomic mass is 19.1. The van der Waals surface area contributed by atoms with Crippen LogP contribution >= 0.6 is 0 Å². The summed E-state index contributed by atoms with van der Waals surface area (Å²) in [6.45, 7) is 2.00. The van der Waals surface area contributed by atoms with Crippen molar-refractivity contribution in [3.05, 3.63) is 53.4 Å². The van der Waals surface area contributed by atoms with Gasteiger partial charge in [0.05, 0.1) is 12.2 Å². The Labute approximate surface area is 98.9 Å². The van der Waals surface area contributed by atoms with E-state index in [1.54, 1.807) is 6.92 Å². The fraction of sp³-hybridized carbons (Fsp3) is 0.231. The fourth-order valence-electron chi connectivity index (χ4n) is 1.65. The van der Waals surface area contributed by atoms with Crippen LogP contribution in [0.2, 0.25) is 0 Å². The Morgan fingerprint density at radius 3 is 2.65 bits per heavy atom. The molecule has 4 heteroatoms. The van der Waals surface area contributed by atoms with Gasteiger partial charge in [0.1, 0.15) is 11.6 Å². The predicted molar refractivity (Wildman–Crippen MR) is 63.8 cm³/mol. The van der Waals surface area contributed by atoms with Crippen molar-refractivity contribution in [2.24, 2.45) is 7.05 Å². The number of nitrogens with one attached hydrogen (secondary N) is 1. The third kappa shape index (κ3) is 2.46. The van der Waals surface area contributed by atoms with Gasteiger partial charge in [0, 0.05) is 25.0 Å². The summed E-state index contributed by atoms with van der Waals surface area (Å²) in [5, 5.41) is 2.89. The monoisotopic (exact) mass is 236 g/mol. The molecule has 0 aliphatic heterocycles. The van der Waals surface area contributed by atoms with Crippen molar-refractivity contribution in [3.63, 3.8) is 0 Å². The Morgan fingerprint density at radius 2 is 2.00 bits per heavy atom. The van der Waals surface area contributed by atoms with Crippen molar-refractivity contribution in [3.8, 4) is 0 Å². The van der Waals surface area contributed by atoms with Gasteiger partial charge in [-0.15, -0.1) is 0 Å². The molecule has 2 rings (SSSR count). The number of hydrogen-bond acceptors (Lipinski definition) is 1. The Hall–Kier alpha value is -1.84. The summed E-state index contributed by atoms with van der Waals surface area (Å²) in [6, 6.07) is 6.22. The number of rotatable bonds is 3. The zero-order chi connectivity index (χ0) is 12.4. The number of aromatic nitrogens is 1. The highest BCUT2D eigenvalue weighted by Gasteiger charge is 2.07. The molecule has 17 heavy (non-hydrogen) atoms. The van der Waals surface area contributed by atoms with Crippen molar-refractivity contribution >= 4 is 5.69 Å². The average molecular weight is 236 g/mol. The molecule has 0 aliphatic carbocycles. The normalized spacial score (nSPS) is 10.6. The van der Waals surface area contributed by atoms with E-state index in [2.05, 4.69) is 5.32 Å². The molecule has 1 heterocycles. The molecular formula is C13H14F2N2. The minimum Gasteiger partial charge on any atom is -0.377 e.